The molecule has 0 bridgehead atoms. The highest BCUT2D eigenvalue weighted by Crippen LogP contribution is 2.25. The van der Waals surface area contributed by atoms with E-state index in [-0.39, 0.29) is 6.61 Å². The zero-order chi connectivity index (χ0) is 11.3. The lowest BCUT2D eigenvalue weighted by Gasteiger charge is -2.23. The molecule has 0 aliphatic heterocycles. The first-order valence-electron chi connectivity index (χ1n) is 4.89. The summed E-state index contributed by atoms with van der Waals surface area (Å²) in [6.45, 7) is 3.33. The number of anilines is 2. The average Bonchev–Trinajstić information content (AvgIpc) is 2.27. The number of para-hydroxylation sites is 1. The van der Waals surface area contributed by atoms with E-state index in [0.29, 0.717) is 17.8 Å². The Balaban J connectivity index is 3.08. The lowest BCUT2D eigenvalue weighted by Crippen LogP contribution is -2.27. The predicted octanol–water partition coefficient (Wildman–Crippen LogP) is 0.959. The highest BCUT2D eigenvalue weighted by molar-refractivity contribution is 5.73. The largest absolute Gasteiger partial charge is 0.396 e. The molecule has 0 heterocycles. The maximum absolute atomic E-state index is 8.90. The Bertz CT molecular complexity index is 371. The van der Waals surface area contributed by atoms with Crippen LogP contribution in [0.2, 0.25) is 0 Å². The van der Waals surface area contributed by atoms with E-state index < -0.39 is 0 Å². The Labute approximate surface area is 89.5 Å². The number of hydrogen-bond donors (Lipinski definition) is 2. The Kier molecular flexibility index (Phi) is 3.95. The first kappa shape index (κ1) is 11.3. The number of benzene rings is 1. The van der Waals surface area contributed by atoms with Gasteiger partial charge in [-0.2, -0.15) is 5.26 Å². The van der Waals surface area contributed by atoms with Crippen LogP contribution in [0.25, 0.3) is 0 Å². The summed E-state index contributed by atoms with van der Waals surface area (Å²) in [7, 11) is 0. The molecule has 0 amide bonds. The summed E-state index contributed by atoms with van der Waals surface area (Å²) in [5.41, 5.74) is 7.62. The molecule has 4 nitrogen and oxygen atoms in total. The molecular weight excluding hydrogens is 190 g/mol. The van der Waals surface area contributed by atoms with Crippen LogP contribution in [0.15, 0.2) is 18.2 Å². The average molecular weight is 205 g/mol. The smallest absolute Gasteiger partial charge is 0.101 e. The Morgan fingerprint density at radius 1 is 1.53 bits per heavy atom. The third kappa shape index (κ3) is 2.39. The van der Waals surface area contributed by atoms with E-state index in [1.54, 1.807) is 12.1 Å². The number of nitriles is 1. The fourth-order valence-corrected chi connectivity index (χ4v) is 1.50. The summed E-state index contributed by atoms with van der Waals surface area (Å²) in [5.74, 6) is 0. The molecule has 1 rings (SSSR count). The van der Waals surface area contributed by atoms with Crippen molar-refractivity contribution >= 4 is 11.4 Å². The number of rotatable bonds is 4. The van der Waals surface area contributed by atoms with Crippen LogP contribution in [-0.2, 0) is 0 Å². The summed E-state index contributed by atoms with van der Waals surface area (Å²) < 4.78 is 0. The molecule has 1 aromatic rings. The molecule has 0 aromatic heterocycles. The summed E-state index contributed by atoms with van der Waals surface area (Å²) in [5, 5.41) is 17.7. The second-order valence-electron chi connectivity index (χ2n) is 3.15. The molecule has 0 saturated carbocycles. The molecule has 1 aromatic carbocycles. The molecule has 0 atom stereocenters. The summed E-state index contributed by atoms with van der Waals surface area (Å²) >= 11 is 0. The van der Waals surface area contributed by atoms with Crippen LogP contribution in [0.5, 0.6) is 0 Å². The van der Waals surface area contributed by atoms with Gasteiger partial charge in [-0.05, 0) is 19.1 Å². The van der Waals surface area contributed by atoms with Gasteiger partial charge in [-0.15, -0.1) is 0 Å². The van der Waals surface area contributed by atoms with Gasteiger partial charge in [0.15, 0.2) is 0 Å². The molecule has 80 valence electrons. The maximum Gasteiger partial charge on any atom is 0.101 e. The fourth-order valence-electron chi connectivity index (χ4n) is 1.50. The quantitative estimate of drug-likeness (QED) is 0.718. The molecule has 0 spiro atoms. The maximum atomic E-state index is 8.90. The molecular formula is C11H15N3O. The summed E-state index contributed by atoms with van der Waals surface area (Å²) in [6, 6.07) is 7.38. The van der Waals surface area contributed by atoms with Crippen molar-refractivity contribution in [2.75, 3.05) is 30.3 Å². The minimum Gasteiger partial charge on any atom is -0.396 e. The first-order valence-corrected chi connectivity index (χ1v) is 4.89. The third-order valence-corrected chi connectivity index (χ3v) is 2.30. The molecule has 0 aliphatic carbocycles. The van der Waals surface area contributed by atoms with Crippen molar-refractivity contribution in [1.82, 2.24) is 0 Å². The van der Waals surface area contributed by atoms with Crippen molar-refractivity contribution < 1.29 is 5.11 Å². The molecule has 0 fully saturated rings. The first-order chi connectivity index (χ1) is 7.24. The molecule has 0 saturated heterocycles. The van der Waals surface area contributed by atoms with Crippen molar-refractivity contribution in [2.24, 2.45) is 0 Å². The van der Waals surface area contributed by atoms with Crippen LogP contribution < -0.4 is 10.6 Å². The number of nitrogens with zero attached hydrogens (tertiary/aromatic N) is 2. The number of likely N-dealkylation sites (N-methyl/N-ethyl adjacent to an activating group) is 1. The Morgan fingerprint density at radius 2 is 2.27 bits per heavy atom. The second-order valence-corrected chi connectivity index (χ2v) is 3.15. The van der Waals surface area contributed by atoms with Crippen molar-refractivity contribution in [3.63, 3.8) is 0 Å². The van der Waals surface area contributed by atoms with Gasteiger partial charge in [-0.3, -0.25) is 0 Å². The number of hydrogen-bond acceptors (Lipinski definition) is 4. The number of aliphatic hydroxyl groups is 1. The van der Waals surface area contributed by atoms with Crippen LogP contribution in [0.1, 0.15) is 12.5 Å². The van der Waals surface area contributed by atoms with Crippen LogP contribution in [0.3, 0.4) is 0 Å². The van der Waals surface area contributed by atoms with Crippen LogP contribution in [0.4, 0.5) is 11.4 Å². The van der Waals surface area contributed by atoms with Crippen molar-refractivity contribution in [3.05, 3.63) is 23.8 Å². The molecule has 15 heavy (non-hydrogen) atoms. The van der Waals surface area contributed by atoms with Gasteiger partial charge in [-0.1, -0.05) is 6.07 Å². The number of nitrogen functional groups attached to an aromatic ring is 1. The number of aliphatic hydroxyl groups excluding tert-OH is 1. The van der Waals surface area contributed by atoms with Crippen molar-refractivity contribution in [3.8, 4) is 6.07 Å². The van der Waals surface area contributed by atoms with Crippen LogP contribution >= 0.6 is 0 Å². The molecule has 0 radical (unpaired) electrons. The highest BCUT2D eigenvalue weighted by Gasteiger charge is 2.09. The van der Waals surface area contributed by atoms with Crippen LogP contribution in [0, 0.1) is 11.3 Å². The van der Waals surface area contributed by atoms with Gasteiger partial charge in [0.05, 0.1) is 23.5 Å². The molecule has 4 heteroatoms. The third-order valence-electron chi connectivity index (χ3n) is 2.30. The predicted molar refractivity (Wildman–Crippen MR) is 60.5 cm³/mol. The number of nitrogens with two attached hydrogens (primary N) is 1. The SMILES string of the molecule is CCN(CCO)c1cccc(C#N)c1N. The molecule has 0 aliphatic rings. The van der Waals surface area contributed by atoms with E-state index in [2.05, 4.69) is 0 Å². The van der Waals surface area contributed by atoms with Crippen molar-refractivity contribution in [1.29, 1.82) is 5.26 Å². The zero-order valence-electron chi connectivity index (χ0n) is 8.77. The molecule has 0 unspecified atom stereocenters. The van der Waals surface area contributed by atoms with Crippen LogP contribution in [-0.4, -0.2) is 24.8 Å². The fraction of sp³-hybridized carbons (Fsp3) is 0.364. The monoisotopic (exact) mass is 205 g/mol. The van der Waals surface area contributed by atoms with E-state index in [9.17, 15) is 0 Å². The van der Waals surface area contributed by atoms with Gasteiger partial charge in [0.2, 0.25) is 0 Å². The minimum atomic E-state index is 0.0735. The van der Waals surface area contributed by atoms with E-state index in [1.807, 2.05) is 24.0 Å². The summed E-state index contributed by atoms with van der Waals surface area (Å²) in [6.07, 6.45) is 0. The summed E-state index contributed by atoms with van der Waals surface area (Å²) in [4.78, 5) is 1.94. The van der Waals surface area contributed by atoms with E-state index in [0.717, 1.165) is 12.2 Å². The Hall–Kier alpha value is -1.73. The topological polar surface area (TPSA) is 73.3 Å². The standard InChI is InChI=1S/C11H15N3O/c1-2-14(6-7-15)10-5-3-4-9(8-12)11(10)13/h3-5,15H,2,6-7,13H2,1H3. The molecule has 3 N–H and O–H groups in total. The zero-order valence-corrected chi connectivity index (χ0v) is 8.77. The highest BCUT2D eigenvalue weighted by atomic mass is 16.3. The van der Waals surface area contributed by atoms with Gasteiger partial charge in [-0.25, -0.2) is 0 Å². The lowest BCUT2D eigenvalue weighted by atomic mass is 10.1. The van der Waals surface area contributed by atoms with E-state index in [4.69, 9.17) is 16.1 Å². The van der Waals surface area contributed by atoms with Gasteiger partial charge in [0.25, 0.3) is 0 Å². The van der Waals surface area contributed by atoms with Gasteiger partial charge in [0.1, 0.15) is 6.07 Å². The van der Waals surface area contributed by atoms with Gasteiger partial charge in [0, 0.05) is 13.1 Å². The van der Waals surface area contributed by atoms with E-state index >= 15 is 0 Å². The normalized spacial score (nSPS) is 9.67. The lowest BCUT2D eigenvalue weighted by molar-refractivity contribution is 0.302. The van der Waals surface area contributed by atoms with E-state index in [1.165, 1.54) is 0 Å². The minimum absolute atomic E-state index is 0.0735. The van der Waals surface area contributed by atoms with Crippen molar-refractivity contribution in [2.45, 2.75) is 6.92 Å². The second kappa shape index (κ2) is 5.23. The Morgan fingerprint density at radius 3 is 2.80 bits per heavy atom. The van der Waals surface area contributed by atoms with Gasteiger partial charge >= 0.3 is 0 Å². The van der Waals surface area contributed by atoms with Gasteiger partial charge < -0.3 is 15.7 Å².